The topological polar surface area (TPSA) is 64.6 Å². The number of halogens is 4. The summed E-state index contributed by atoms with van der Waals surface area (Å²) in [6.45, 7) is 4.02. The van der Waals surface area contributed by atoms with E-state index in [2.05, 4.69) is 37.2 Å². The highest BCUT2D eigenvalue weighted by Crippen LogP contribution is 2.49. The molecule has 5 nitrogen and oxygen atoms in total. The maximum absolute atomic E-state index is 13.7. The van der Waals surface area contributed by atoms with E-state index < -0.39 is 11.9 Å². The van der Waals surface area contributed by atoms with Gasteiger partial charge < -0.3 is 14.8 Å². The third-order valence-electron chi connectivity index (χ3n) is 6.49. The van der Waals surface area contributed by atoms with Crippen molar-refractivity contribution < 1.29 is 19.1 Å². The van der Waals surface area contributed by atoms with Crippen molar-refractivity contribution >= 4 is 72.5 Å². The summed E-state index contributed by atoms with van der Waals surface area (Å²) in [5.74, 6) is -0.671. The molecule has 0 fully saturated rings. The van der Waals surface area contributed by atoms with Gasteiger partial charge in [-0.25, -0.2) is 4.79 Å². The predicted molar refractivity (Wildman–Crippen MR) is 156 cm³/mol. The van der Waals surface area contributed by atoms with Crippen LogP contribution >= 0.6 is 55.1 Å². The Bertz CT molecular complexity index is 1540. The highest BCUT2D eigenvalue weighted by molar-refractivity contribution is 9.11. The van der Waals surface area contributed by atoms with E-state index in [4.69, 9.17) is 32.7 Å². The van der Waals surface area contributed by atoms with Gasteiger partial charge in [-0.2, -0.15) is 0 Å². The lowest BCUT2D eigenvalue weighted by atomic mass is 9.80. The average molecular weight is 678 g/mol. The summed E-state index contributed by atoms with van der Waals surface area (Å²) in [6, 6.07) is 16.4. The van der Waals surface area contributed by atoms with Gasteiger partial charge in [-0.05, 0) is 75.5 Å². The Kier molecular flexibility index (Phi) is 7.74. The van der Waals surface area contributed by atoms with Crippen LogP contribution in [0.2, 0.25) is 10.0 Å². The van der Waals surface area contributed by atoms with Crippen molar-refractivity contribution in [2.45, 2.75) is 26.4 Å². The molecule has 0 aromatic heterocycles. The molecule has 3 aromatic carbocycles. The fourth-order valence-electron chi connectivity index (χ4n) is 4.81. The second-order valence-corrected chi connectivity index (χ2v) is 11.4. The van der Waals surface area contributed by atoms with Gasteiger partial charge in [0.25, 0.3) is 0 Å². The van der Waals surface area contributed by atoms with E-state index in [1.807, 2.05) is 43.3 Å². The zero-order valence-electron chi connectivity index (χ0n) is 20.3. The van der Waals surface area contributed by atoms with Crippen LogP contribution in [-0.2, 0) is 16.1 Å². The van der Waals surface area contributed by atoms with Gasteiger partial charge in [0.05, 0.1) is 26.8 Å². The molecule has 1 N–H and O–H groups in total. The van der Waals surface area contributed by atoms with Crippen molar-refractivity contribution in [1.29, 1.82) is 0 Å². The number of benzene rings is 3. The minimum atomic E-state index is -0.641. The molecule has 0 saturated heterocycles. The quantitative estimate of drug-likeness (QED) is 0.267. The van der Waals surface area contributed by atoms with E-state index in [-0.39, 0.29) is 19.0 Å². The SMILES string of the molecule is CCOC(=O)C1=C(C)NC2=C(C(=O)c3ccccc32)[C@@H]1c1cc(Br)c(OCc2ccc(Cl)cc2Cl)c(Br)c1. The van der Waals surface area contributed by atoms with Crippen molar-refractivity contribution in [2.75, 3.05) is 6.61 Å². The molecule has 9 heteroatoms. The summed E-state index contributed by atoms with van der Waals surface area (Å²) >= 11 is 19.6. The van der Waals surface area contributed by atoms with E-state index in [1.165, 1.54) is 0 Å². The highest BCUT2D eigenvalue weighted by Gasteiger charge is 2.43. The Morgan fingerprint density at radius 1 is 1.03 bits per heavy atom. The van der Waals surface area contributed by atoms with Crippen molar-refractivity contribution in [2.24, 2.45) is 0 Å². The second kappa shape index (κ2) is 10.9. The lowest BCUT2D eigenvalue weighted by molar-refractivity contribution is -0.138. The zero-order valence-corrected chi connectivity index (χ0v) is 25.0. The zero-order chi connectivity index (χ0) is 27.1. The molecule has 0 bridgehead atoms. The monoisotopic (exact) mass is 675 g/mol. The van der Waals surface area contributed by atoms with Crippen LogP contribution in [-0.4, -0.2) is 18.4 Å². The molecular formula is C29H21Br2Cl2NO4. The first kappa shape index (κ1) is 27.0. The number of hydrogen-bond donors (Lipinski definition) is 1. The maximum Gasteiger partial charge on any atom is 0.336 e. The number of hydrogen-bond acceptors (Lipinski definition) is 5. The number of carbonyl (C=O) groups excluding carboxylic acids is 2. The molecule has 0 unspecified atom stereocenters. The number of carbonyl (C=O) groups is 2. The Labute approximate surface area is 247 Å². The molecule has 1 aliphatic carbocycles. The standard InChI is InChI=1S/C29H21Br2Cl2NO4/c1-3-37-29(36)23-14(2)34-26-18-6-4-5-7-19(18)27(35)25(26)24(23)16-10-20(30)28(21(31)11-16)38-13-15-8-9-17(32)12-22(15)33/h4-12,24,34H,3,13H2,1-2H3/t24-/m1/s1. The van der Waals surface area contributed by atoms with Gasteiger partial charge in [-0.15, -0.1) is 0 Å². The van der Waals surface area contributed by atoms with E-state index in [0.717, 1.165) is 16.7 Å². The number of nitrogens with one attached hydrogen (secondary N) is 1. The first-order valence-electron chi connectivity index (χ1n) is 11.8. The average Bonchev–Trinajstić information content (AvgIpc) is 3.15. The Morgan fingerprint density at radius 3 is 2.37 bits per heavy atom. The summed E-state index contributed by atoms with van der Waals surface area (Å²) < 4.78 is 12.8. The molecule has 5 rings (SSSR count). The fourth-order valence-corrected chi connectivity index (χ4v) is 6.73. The molecule has 194 valence electrons. The first-order valence-corrected chi connectivity index (χ1v) is 14.1. The summed E-state index contributed by atoms with van der Waals surface area (Å²) in [4.78, 5) is 26.8. The van der Waals surface area contributed by atoms with Crippen molar-refractivity contribution in [3.63, 3.8) is 0 Å². The number of fused-ring (bicyclic) bond motifs is 2. The number of Topliss-reactive ketones (excluding diaryl/α,β-unsaturated/α-hetero) is 1. The molecule has 1 aliphatic heterocycles. The van der Waals surface area contributed by atoms with Crippen LogP contribution in [0.5, 0.6) is 5.75 Å². The molecular weight excluding hydrogens is 657 g/mol. The van der Waals surface area contributed by atoms with Crippen LogP contribution < -0.4 is 10.1 Å². The van der Waals surface area contributed by atoms with Gasteiger partial charge in [0.2, 0.25) is 0 Å². The Hall–Kier alpha value is -2.58. The highest BCUT2D eigenvalue weighted by atomic mass is 79.9. The van der Waals surface area contributed by atoms with Gasteiger partial charge in [0.15, 0.2) is 5.78 Å². The summed E-state index contributed by atoms with van der Waals surface area (Å²) in [5, 5.41) is 4.37. The second-order valence-electron chi connectivity index (χ2n) is 8.82. The molecule has 0 saturated carbocycles. The molecule has 0 radical (unpaired) electrons. The Morgan fingerprint density at radius 2 is 1.71 bits per heavy atom. The Balaban J connectivity index is 1.57. The van der Waals surface area contributed by atoms with Crippen LogP contribution in [0.15, 0.2) is 80.4 Å². The van der Waals surface area contributed by atoms with Crippen LogP contribution in [0.3, 0.4) is 0 Å². The van der Waals surface area contributed by atoms with E-state index in [1.54, 1.807) is 25.1 Å². The first-order chi connectivity index (χ1) is 18.2. The summed E-state index contributed by atoms with van der Waals surface area (Å²) in [5.41, 5.74) is 5.20. The number of allylic oxidation sites excluding steroid dienone is 2. The fraction of sp³-hybridized carbons (Fsp3) is 0.172. The third kappa shape index (κ3) is 4.81. The van der Waals surface area contributed by atoms with Gasteiger partial charge in [-0.3, -0.25) is 4.79 Å². The number of esters is 1. The molecule has 0 spiro atoms. The van der Waals surface area contributed by atoms with Crippen molar-refractivity contribution in [3.8, 4) is 5.75 Å². The molecule has 2 aliphatic rings. The van der Waals surface area contributed by atoms with Crippen molar-refractivity contribution in [3.05, 3.63) is 113 Å². The smallest absolute Gasteiger partial charge is 0.336 e. The van der Waals surface area contributed by atoms with Crippen LogP contribution in [0, 0.1) is 0 Å². The van der Waals surface area contributed by atoms with E-state index >= 15 is 0 Å². The maximum atomic E-state index is 13.7. The van der Waals surface area contributed by atoms with Gasteiger partial charge >= 0.3 is 5.97 Å². The van der Waals surface area contributed by atoms with Crippen LogP contribution in [0.25, 0.3) is 5.70 Å². The number of dihydropyridines is 1. The van der Waals surface area contributed by atoms with E-state index in [9.17, 15) is 9.59 Å². The number of rotatable bonds is 6. The van der Waals surface area contributed by atoms with Gasteiger partial charge in [0, 0.05) is 43.9 Å². The van der Waals surface area contributed by atoms with Crippen molar-refractivity contribution in [1.82, 2.24) is 5.32 Å². The molecule has 3 aromatic rings. The minimum absolute atomic E-state index is 0.118. The normalized spacial score (nSPS) is 16.3. The summed E-state index contributed by atoms with van der Waals surface area (Å²) in [6.07, 6.45) is 0. The number of ketones is 1. The van der Waals surface area contributed by atoms with Crippen LogP contribution in [0.4, 0.5) is 0 Å². The largest absolute Gasteiger partial charge is 0.486 e. The predicted octanol–water partition coefficient (Wildman–Crippen LogP) is 8.23. The van der Waals surface area contributed by atoms with E-state index in [0.29, 0.717) is 52.8 Å². The summed E-state index contributed by atoms with van der Waals surface area (Å²) in [7, 11) is 0. The molecule has 1 heterocycles. The molecule has 1 atom stereocenters. The van der Waals surface area contributed by atoms with Gasteiger partial charge in [0.1, 0.15) is 12.4 Å². The molecule has 0 amide bonds. The number of ether oxygens (including phenoxy) is 2. The minimum Gasteiger partial charge on any atom is -0.486 e. The third-order valence-corrected chi connectivity index (χ3v) is 8.25. The lowest BCUT2D eigenvalue weighted by Gasteiger charge is -2.29. The van der Waals surface area contributed by atoms with Gasteiger partial charge in [-0.1, -0.05) is 53.5 Å². The molecule has 38 heavy (non-hydrogen) atoms. The van der Waals surface area contributed by atoms with Crippen LogP contribution in [0.1, 0.15) is 46.8 Å². The lowest BCUT2D eigenvalue weighted by Crippen LogP contribution is -2.29.